The summed E-state index contributed by atoms with van der Waals surface area (Å²) in [4.78, 5) is 2.30. The molecule has 0 saturated carbocycles. The van der Waals surface area contributed by atoms with E-state index in [0.29, 0.717) is 12.0 Å². The highest BCUT2D eigenvalue weighted by atomic mass is 16.5. The van der Waals surface area contributed by atoms with Gasteiger partial charge >= 0.3 is 0 Å². The highest BCUT2D eigenvalue weighted by Gasteiger charge is 2.17. The van der Waals surface area contributed by atoms with Gasteiger partial charge in [0.05, 0.1) is 13.2 Å². The predicted molar refractivity (Wildman–Crippen MR) is 74.8 cm³/mol. The molecule has 2 N–H and O–H groups in total. The minimum absolute atomic E-state index is 0.235. The lowest BCUT2D eigenvalue weighted by molar-refractivity contribution is 0.0862. The third kappa shape index (κ3) is 7.31. The van der Waals surface area contributed by atoms with E-state index in [1.807, 2.05) is 0 Å². The SMILES string of the molecule is CC(C)CCOCCN(CCO)CC1CCCN1. The molecule has 108 valence electrons. The summed E-state index contributed by atoms with van der Waals surface area (Å²) in [7, 11) is 0. The number of nitrogens with zero attached hydrogens (tertiary/aromatic N) is 1. The lowest BCUT2D eigenvalue weighted by atomic mass is 10.1. The molecule has 1 unspecified atom stereocenters. The van der Waals surface area contributed by atoms with Crippen molar-refractivity contribution in [3.05, 3.63) is 0 Å². The number of nitrogens with one attached hydrogen (secondary N) is 1. The van der Waals surface area contributed by atoms with Crippen LogP contribution in [0.1, 0.15) is 33.1 Å². The van der Waals surface area contributed by atoms with Crippen molar-refractivity contribution >= 4 is 0 Å². The van der Waals surface area contributed by atoms with Crippen molar-refractivity contribution in [2.24, 2.45) is 5.92 Å². The van der Waals surface area contributed by atoms with Gasteiger partial charge in [-0.25, -0.2) is 0 Å². The van der Waals surface area contributed by atoms with Gasteiger partial charge in [-0.1, -0.05) is 13.8 Å². The quantitative estimate of drug-likeness (QED) is 0.576. The topological polar surface area (TPSA) is 44.7 Å². The summed E-state index contributed by atoms with van der Waals surface area (Å²) in [6.45, 7) is 10.2. The third-order valence-corrected chi connectivity index (χ3v) is 3.45. The molecular weight excluding hydrogens is 228 g/mol. The van der Waals surface area contributed by atoms with Crippen LogP contribution in [-0.4, -0.2) is 62.0 Å². The average Bonchev–Trinajstić information content (AvgIpc) is 2.81. The van der Waals surface area contributed by atoms with Crippen molar-refractivity contribution in [2.75, 3.05) is 46.0 Å². The molecule has 1 aliphatic rings. The largest absolute Gasteiger partial charge is 0.395 e. The van der Waals surface area contributed by atoms with Gasteiger partial charge in [-0.3, -0.25) is 4.90 Å². The van der Waals surface area contributed by atoms with E-state index >= 15 is 0 Å². The number of aliphatic hydroxyl groups is 1. The normalized spacial score (nSPS) is 20.2. The third-order valence-electron chi connectivity index (χ3n) is 3.45. The smallest absolute Gasteiger partial charge is 0.0593 e. The van der Waals surface area contributed by atoms with Gasteiger partial charge in [-0.15, -0.1) is 0 Å². The highest BCUT2D eigenvalue weighted by molar-refractivity contribution is 4.77. The summed E-state index contributed by atoms with van der Waals surface area (Å²) in [5.41, 5.74) is 0. The Morgan fingerprint density at radius 1 is 1.33 bits per heavy atom. The van der Waals surface area contributed by atoms with Gasteiger partial charge in [0.25, 0.3) is 0 Å². The van der Waals surface area contributed by atoms with Crippen LogP contribution in [0.5, 0.6) is 0 Å². The summed E-state index contributed by atoms with van der Waals surface area (Å²) in [6.07, 6.45) is 3.67. The van der Waals surface area contributed by atoms with E-state index in [-0.39, 0.29) is 6.61 Å². The molecule has 18 heavy (non-hydrogen) atoms. The van der Waals surface area contributed by atoms with Gasteiger partial charge in [0.2, 0.25) is 0 Å². The zero-order chi connectivity index (χ0) is 13.2. The Morgan fingerprint density at radius 3 is 2.78 bits per heavy atom. The molecule has 1 fully saturated rings. The fourth-order valence-corrected chi connectivity index (χ4v) is 2.27. The molecule has 0 aromatic rings. The second kappa shape index (κ2) is 9.73. The van der Waals surface area contributed by atoms with Crippen molar-refractivity contribution in [1.29, 1.82) is 0 Å². The van der Waals surface area contributed by atoms with Gasteiger partial charge in [0.15, 0.2) is 0 Å². The van der Waals surface area contributed by atoms with E-state index < -0.39 is 0 Å². The maximum absolute atomic E-state index is 9.08. The van der Waals surface area contributed by atoms with E-state index in [1.165, 1.54) is 12.8 Å². The number of ether oxygens (including phenoxy) is 1. The zero-order valence-electron chi connectivity index (χ0n) is 12.0. The predicted octanol–water partition coefficient (Wildman–Crippen LogP) is 1.10. The minimum atomic E-state index is 0.235. The van der Waals surface area contributed by atoms with Gasteiger partial charge in [-0.05, 0) is 31.7 Å². The molecule has 0 aliphatic carbocycles. The molecule has 4 nitrogen and oxygen atoms in total. The molecule has 1 atom stereocenters. The van der Waals surface area contributed by atoms with Crippen LogP contribution >= 0.6 is 0 Å². The fourth-order valence-electron chi connectivity index (χ4n) is 2.27. The first-order chi connectivity index (χ1) is 8.72. The van der Waals surface area contributed by atoms with Crippen LogP contribution in [0.25, 0.3) is 0 Å². The van der Waals surface area contributed by atoms with Crippen LogP contribution in [0.2, 0.25) is 0 Å². The summed E-state index contributed by atoms with van der Waals surface area (Å²) < 4.78 is 5.64. The van der Waals surface area contributed by atoms with Crippen molar-refractivity contribution in [3.63, 3.8) is 0 Å². The second-order valence-electron chi connectivity index (χ2n) is 5.61. The minimum Gasteiger partial charge on any atom is -0.395 e. The van der Waals surface area contributed by atoms with Crippen molar-refractivity contribution in [1.82, 2.24) is 10.2 Å². The van der Waals surface area contributed by atoms with Crippen molar-refractivity contribution in [3.8, 4) is 0 Å². The molecule has 0 aromatic heterocycles. The van der Waals surface area contributed by atoms with Gasteiger partial charge in [0.1, 0.15) is 0 Å². The van der Waals surface area contributed by atoms with Gasteiger partial charge in [-0.2, -0.15) is 0 Å². The van der Waals surface area contributed by atoms with E-state index in [2.05, 4.69) is 24.1 Å². The van der Waals surface area contributed by atoms with E-state index in [4.69, 9.17) is 9.84 Å². The molecule has 1 heterocycles. The first kappa shape index (κ1) is 15.9. The van der Waals surface area contributed by atoms with Crippen LogP contribution in [0, 0.1) is 5.92 Å². The van der Waals surface area contributed by atoms with Crippen LogP contribution in [0.15, 0.2) is 0 Å². The summed E-state index contributed by atoms with van der Waals surface area (Å²) in [6, 6.07) is 0.604. The highest BCUT2D eigenvalue weighted by Crippen LogP contribution is 2.07. The van der Waals surface area contributed by atoms with Gasteiger partial charge < -0.3 is 15.2 Å². The molecule has 1 rings (SSSR count). The van der Waals surface area contributed by atoms with Crippen LogP contribution in [-0.2, 0) is 4.74 Å². The van der Waals surface area contributed by atoms with E-state index in [9.17, 15) is 0 Å². The van der Waals surface area contributed by atoms with E-state index in [1.54, 1.807) is 0 Å². The molecule has 0 radical (unpaired) electrons. The van der Waals surface area contributed by atoms with Crippen LogP contribution in [0.3, 0.4) is 0 Å². The number of hydrogen-bond donors (Lipinski definition) is 2. The lowest BCUT2D eigenvalue weighted by Gasteiger charge is -2.24. The fraction of sp³-hybridized carbons (Fsp3) is 1.00. The Bertz CT molecular complexity index is 194. The van der Waals surface area contributed by atoms with Crippen molar-refractivity contribution < 1.29 is 9.84 Å². The molecule has 0 amide bonds. The van der Waals surface area contributed by atoms with Crippen LogP contribution < -0.4 is 5.32 Å². The number of aliphatic hydroxyl groups excluding tert-OH is 1. The molecule has 1 aliphatic heterocycles. The summed E-state index contributed by atoms with van der Waals surface area (Å²) in [5.74, 6) is 0.709. The molecular formula is C14H30N2O2. The first-order valence-corrected chi connectivity index (χ1v) is 7.36. The summed E-state index contributed by atoms with van der Waals surface area (Å²) >= 11 is 0. The molecule has 4 heteroatoms. The molecule has 0 aromatic carbocycles. The Morgan fingerprint density at radius 2 is 2.17 bits per heavy atom. The first-order valence-electron chi connectivity index (χ1n) is 7.36. The molecule has 1 saturated heterocycles. The molecule has 0 spiro atoms. The zero-order valence-corrected chi connectivity index (χ0v) is 12.0. The van der Waals surface area contributed by atoms with Crippen molar-refractivity contribution in [2.45, 2.75) is 39.2 Å². The van der Waals surface area contributed by atoms with E-state index in [0.717, 1.165) is 45.8 Å². The Kier molecular flexibility index (Phi) is 8.59. The average molecular weight is 258 g/mol. The summed E-state index contributed by atoms with van der Waals surface area (Å²) in [5, 5.41) is 12.6. The maximum Gasteiger partial charge on any atom is 0.0593 e. The number of hydrogen-bond acceptors (Lipinski definition) is 4. The Balaban J connectivity index is 2.08. The monoisotopic (exact) mass is 258 g/mol. The lowest BCUT2D eigenvalue weighted by Crippen LogP contribution is -2.40. The Labute approximate surface area is 112 Å². The second-order valence-corrected chi connectivity index (χ2v) is 5.61. The van der Waals surface area contributed by atoms with Crippen LogP contribution in [0.4, 0.5) is 0 Å². The van der Waals surface area contributed by atoms with Gasteiger partial charge in [0, 0.05) is 32.3 Å². The number of rotatable bonds is 10. The molecule has 0 bridgehead atoms. The standard InChI is InChI=1S/C14H30N2O2/c1-13(2)5-10-18-11-8-16(7-9-17)12-14-4-3-6-15-14/h13-15,17H,3-12H2,1-2H3. The maximum atomic E-state index is 9.08. The Hall–Kier alpha value is -0.160.